The van der Waals surface area contributed by atoms with Crippen molar-refractivity contribution in [3.8, 4) is 11.5 Å². The third kappa shape index (κ3) is 5.95. The van der Waals surface area contributed by atoms with Crippen LogP contribution in [-0.4, -0.2) is 47.6 Å². The fourth-order valence-electron chi connectivity index (χ4n) is 2.56. The van der Waals surface area contributed by atoms with Gasteiger partial charge in [0.05, 0.1) is 32.4 Å². The lowest BCUT2D eigenvalue weighted by atomic mass is 10.1. The number of hydrazone groups is 1. The fraction of sp³-hybridized carbons (Fsp3) is 0.300. The first-order chi connectivity index (χ1) is 13.7. The highest BCUT2D eigenvalue weighted by molar-refractivity contribution is 7.92. The summed E-state index contributed by atoms with van der Waals surface area (Å²) in [6.45, 7) is 3.41. The molecule has 0 unspecified atom stereocenters. The number of anilines is 1. The summed E-state index contributed by atoms with van der Waals surface area (Å²) in [4.78, 5) is 12.3. The highest BCUT2D eigenvalue weighted by atomic mass is 32.2. The Morgan fingerprint density at radius 1 is 1.10 bits per heavy atom. The minimum absolute atomic E-state index is 0.395. The minimum Gasteiger partial charge on any atom is -0.497 e. The molecule has 0 bridgehead atoms. The molecule has 0 fully saturated rings. The number of ether oxygens (including phenoxy) is 2. The van der Waals surface area contributed by atoms with E-state index < -0.39 is 22.5 Å². The zero-order valence-electron chi connectivity index (χ0n) is 17.1. The molecule has 8 nitrogen and oxygen atoms in total. The maximum Gasteiger partial charge on any atom is 0.260 e. The quantitative estimate of drug-likeness (QED) is 0.523. The van der Waals surface area contributed by atoms with E-state index in [1.807, 2.05) is 19.9 Å². The van der Waals surface area contributed by atoms with Crippen molar-refractivity contribution in [3.63, 3.8) is 0 Å². The summed E-state index contributed by atoms with van der Waals surface area (Å²) in [7, 11) is -0.598. The Morgan fingerprint density at radius 2 is 1.83 bits per heavy atom. The Hall–Kier alpha value is -3.07. The van der Waals surface area contributed by atoms with Crippen LogP contribution in [0.2, 0.25) is 0 Å². The number of nitrogens with zero attached hydrogens (tertiary/aromatic N) is 2. The van der Waals surface area contributed by atoms with Crippen molar-refractivity contribution < 1.29 is 22.7 Å². The summed E-state index contributed by atoms with van der Waals surface area (Å²) in [6, 6.07) is 10.4. The van der Waals surface area contributed by atoms with Gasteiger partial charge in [-0.15, -0.1) is 0 Å². The van der Waals surface area contributed by atoms with Crippen LogP contribution in [0, 0.1) is 13.8 Å². The van der Waals surface area contributed by atoms with Crippen molar-refractivity contribution >= 4 is 27.8 Å². The smallest absolute Gasteiger partial charge is 0.260 e. The van der Waals surface area contributed by atoms with Crippen molar-refractivity contribution in [1.82, 2.24) is 5.43 Å². The van der Waals surface area contributed by atoms with Crippen molar-refractivity contribution in [1.29, 1.82) is 0 Å². The van der Waals surface area contributed by atoms with E-state index in [1.165, 1.54) is 20.4 Å². The Morgan fingerprint density at radius 3 is 2.41 bits per heavy atom. The summed E-state index contributed by atoms with van der Waals surface area (Å²) in [6.07, 6.45) is 2.46. The molecule has 0 atom stereocenters. The number of carbonyl (C=O) groups is 1. The normalized spacial score (nSPS) is 11.3. The van der Waals surface area contributed by atoms with Crippen LogP contribution < -0.4 is 19.2 Å². The SMILES string of the molecule is COc1ccc(OC)c(/C=N\NC(=O)CN(c2ccc(C)c(C)c2)S(C)(=O)=O)c1. The number of carbonyl (C=O) groups excluding carboxylic acids is 1. The second-order valence-electron chi connectivity index (χ2n) is 6.44. The van der Waals surface area contributed by atoms with Gasteiger partial charge in [0.25, 0.3) is 5.91 Å². The number of hydrogen-bond donors (Lipinski definition) is 1. The van der Waals surface area contributed by atoms with Gasteiger partial charge in [-0.1, -0.05) is 6.07 Å². The van der Waals surface area contributed by atoms with Gasteiger partial charge in [0, 0.05) is 5.56 Å². The molecule has 2 rings (SSSR count). The van der Waals surface area contributed by atoms with Gasteiger partial charge in [-0.2, -0.15) is 5.10 Å². The molecular formula is C20H25N3O5S. The molecule has 0 aromatic heterocycles. The second kappa shape index (κ2) is 9.42. The van der Waals surface area contributed by atoms with Gasteiger partial charge in [0.2, 0.25) is 10.0 Å². The molecule has 9 heteroatoms. The van der Waals surface area contributed by atoms with Crippen molar-refractivity contribution in [2.45, 2.75) is 13.8 Å². The molecule has 0 spiro atoms. The number of amides is 1. The highest BCUT2D eigenvalue weighted by Crippen LogP contribution is 2.22. The third-order valence-corrected chi connectivity index (χ3v) is 5.44. The number of benzene rings is 2. The Balaban J connectivity index is 2.15. The van der Waals surface area contributed by atoms with Crippen molar-refractivity contribution in [2.24, 2.45) is 5.10 Å². The summed E-state index contributed by atoms with van der Waals surface area (Å²) < 4.78 is 35.8. The first-order valence-corrected chi connectivity index (χ1v) is 10.6. The lowest BCUT2D eigenvalue weighted by Gasteiger charge is -2.22. The molecule has 2 aromatic carbocycles. The molecule has 0 aliphatic rings. The standard InChI is InChI=1S/C20H25N3O5S/c1-14-6-7-17(10-15(14)2)23(29(5,25)26)13-20(24)22-21-12-16-11-18(27-3)8-9-19(16)28-4/h6-12H,13H2,1-5H3,(H,22,24)/b21-12-. The van der Waals surface area contributed by atoms with Crippen LogP contribution in [0.15, 0.2) is 41.5 Å². The highest BCUT2D eigenvalue weighted by Gasteiger charge is 2.21. The van der Waals surface area contributed by atoms with Crippen LogP contribution in [0.1, 0.15) is 16.7 Å². The number of hydrogen-bond acceptors (Lipinski definition) is 6. The van der Waals surface area contributed by atoms with Gasteiger partial charge < -0.3 is 9.47 Å². The Kier molecular flexibility index (Phi) is 7.22. The Labute approximate surface area is 171 Å². The molecule has 0 saturated carbocycles. The molecule has 0 heterocycles. The zero-order valence-corrected chi connectivity index (χ0v) is 17.9. The van der Waals surface area contributed by atoms with Gasteiger partial charge in [-0.25, -0.2) is 13.8 Å². The monoisotopic (exact) mass is 419 g/mol. The minimum atomic E-state index is -3.66. The van der Waals surface area contributed by atoms with Crippen LogP contribution in [0.25, 0.3) is 0 Å². The fourth-order valence-corrected chi connectivity index (χ4v) is 3.41. The molecule has 1 N–H and O–H groups in total. The first kappa shape index (κ1) is 22.2. The zero-order chi connectivity index (χ0) is 21.6. The molecule has 0 aliphatic heterocycles. The van der Waals surface area contributed by atoms with Gasteiger partial charge in [-0.05, 0) is 55.3 Å². The molecule has 0 radical (unpaired) electrons. The van der Waals surface area contributed by atoms with Gasteiger partial charge in [0.1, 0.15) is 18.0 Å². The van der Waals surface area contributed by atoms with Gasteiger partial charge in [0.15, 0.2) is 0 Å². The maximum atomic E-state index is 12.3. The van der Waals surface area contributed by atoms with Crippen LogP contribution in [0.3, 0.4) is 0 Å². The van der Waals surface area contributed by atoms with E-state index in [2.05, 4.69) is 10.5 Å². The van der Waals surface area contributed by atoms with Crippen LogP contribution >= 0.6 is 0 Å². The number of methoxy groups -OCH3 is 2. The lowest BCUT2D eigenvalue weighted by Crippen LogP contribution is -2.39. The third-order valence-electron chi connectivity index (χ3n) is 4.30. The molecule has 29 heavy (non-hydrogen) atoms. The van der Waals surface area contributed by atoms with Crippen LogP contribution in [0.5, 0.6) is 11.5 Å². The lowest BCUT2D eigenvalue weighted by molar-refractivity contribution is -0.119. The molecular weight excluding hydrogens is 394 g/mol. The number of nitrogens with one attached hydrogen (secondary N) is 1. The molecule has 1 amide bonds. The summed E-state index contributed by atoms with van der Waals surface area (Å²) in [5.74, 6) is 0.583. The van der Waals surface area contributed by atoms with E-state index in [1.54, 1.807) is 30.3 Å². The molecule has 0 aliphatic carbocycles. The summed E-state index contributed by atoms with van der Waals surface area (Å²) >= 11 is 0. The van der Waals surface area contributed by atoms with E-state index in [0.29, 0.717) is 22.7 Å². The average molecular weight is 420 g/mol. The van der Waals surface area contributed by atoms with Gasteiger partial charge in [-0.3, -0.25) is 9.10 Å². The van der Waals surface area contributed by atoms with Crippen LogP contribution in [-0.2, 0) is 14.8 Å². The number of rotatable bonds is 8. The predicted molar refractivity (Wildman–Crippen MR) is 113 cm³/mol. The molecule has 2 aromatic rings. The second-order valence-corrected chi connectivity index (χ2v) is 8.35. The Bertz CT molecular complexity index is 1020. The first-order valence-electron chi connectivity index (χ1n) is 8.74. The molecule has 0 saturated heterocycles. The van der Waals surface area contributed by atoms with Crippen LogP contribution in [0.4, 0.5) is 5.69 Å². The maximum absolute atomic E-state index is 12.3. The van der Waals surface area contributed by atoms with E-state index >= 15 is 0 Å². The van der Waals surface area contributed by atoms with E-state index in [9.17, 15) is 13.2 Å². The largest absolute Gasteiger partial charge is 0.497 e. The van der Waals surface area contributed by atoms with Gasteiger partial charge >= 0.3 is 0 Å². The number of aryl methyl sites for hydroxylation is 2. The van der Waals surface area contributed by atoms with E-state index in [0.717, 1.165) is 21.7 Å². The molecule has 156 valence electrons. The summed E-state index contributed by atoms with van der Waals surface area (Å²) in [5.41, 5.74) is 5.33. The average Bonchev–Trinajstić information content (AvgIpc) is 2.67. The van der Waals surface area contributed by atoms with E-state index in [4.69, 9.17) is 9.47 Å². The summed E-state index contributed by atoms with van der Waals surface area (Å²) in [5, 5.41) is 3.90. The predicted octanol–water partition coefficient (Wildman–Crippen LogP) is 2.24. The van der Waals surface area contributed by atoms with Crippen molar-refractivity contribution in [2.75, 3.05) is 31.3 Å². The van der Waals surface area contributed by atoms with Crippen molar-refractivity contribution in [3.05, 3.63) is 53.1 Å². The topological polar surface area (TPSA) is 97.3 Å². The van der Waals surface area contributed by atoms with E-state index in [-0.39, 0.29) is 0 Å². The number of sulfonamides is 1.